The Labute approximate surface area is 170 Å². The highest BCUT2D eigenvalue weighted by Crippen LogP contribution is 2.20. The van der Waals surface area contributed by atoms with Crippen LogP contribution in [0.4, 0.5) is 11.8 Å². The zero-order valence-corrected chi connectivity index (χ0v) is 16.6. The Morgan fingerprint density at radius 1 is 0.897 bits per heavy atom. The highest BCUT2D eigenvalue weighted by Gasteiger charge is 2.23. The van der Waals surface area contributed by atoms with Gasteiger partial charge in [-0.25, -0.2) is 4.98 Å². The summed E-state index contributed by atoms with van der Waals surface area (Å²) < 4.78 is 2.04. The number of fused-ring (bicyclic) bond motifs is 1. The molecule has 0 radical (unpaired) electrons. The number of rotatable bonds is 4. The Morgan fingerprint density at radius 2 is 1.69 bits per heavy atom. The first-order chi connectivity index (χ1) is 14.3. The van der Waals surface area contributed by atoms with Gasteiger partial charge in [-0.2, -0.15) is 4.98 Å². The molecule has 1 aromatic carbocycles. The maximum Gasteiger partial charge on any atom is 0.242 e. The molecule has 0 spiro atoms. The lowest BCUT2D eigenvalue weighted by atomic mass is 10.2. The molecule has 150 valence electrons. The van der Waals surface area contributed by atoms with Crippen LogP contribution in [-0.4, -0.2) is 64.6 Å². The second-order valence-corrected chi connectivity index (χ2v) is 7.78. The normalized spacial score (nSPS) is 17.3. The minimum absolute atomic E-state index is 0.173. The molecule has 0 saturated carbocycles. The highest BCUT2D eigenvalue weighted by atomic mass is 16.2. The Bertz CT molecular complexity index is 1000. The van der Waals surface area contributed by atoms with E-state index in [4.69, 9.17) is 4.98 Å². The number of nitrogens with zero attached hydrogens (tertiary/aromatic N) is 6. The number of carbonyl (C=O) groups excluding carboxylic acids is 1. The SMILES string of the molecule is O=C(Cn1ccc2ccccc21)N1CCN(c2ccnc(N3CCCC3)n2)CC1. The lowest BCUT2D eigenvalue weighted by Crippen LogP contribution is -2.49. The van der Waals surface area contributed by atoms with E-state index in [0.717, 1.165) is 56.6 Å². The zero-order chi connectivity index (χ0) is 19.6. The van der Waals surface area contributed by atoms with E-state index in [1.165, 1.54) is 18.2 Å². The van der Waals surface area contributed by atoms with E-state index in [0.29, 0.717) is 6.54 Å². The average molecular weight is 390 g/mol. The molecular weight excluding hydrogens is 364 g/mol. The van der Waals surface area contributed by atoms with Crippen LogP contribution in [-0.2, 0) is 11.3 Å². The molecule has 3 aromatic rings. The maximum absolute atomic E-state index is 12.8. The van der Waals surface area contributed by atoms with Crippen LogP contribution in [0.3, 0.4) is 0 Å². The van der Waals surface area contributed by atoms with Gasteiger partial charge in [0, 0.05) is 57.2 Å². The fourth-order valence-electron chi connectivity index (χ4n) is 4.29. The minimum Gasteiger partial charge on any atom is -0.353 e. The predicted octanol–water partition coefficient (Wildman–Crippen LogP) is 2.38. The van der Waals surface area contributed by atoms with Gasteiger partial charge in [0.1, 0.15) is 12.4 Å². The van der Waals surface area contributed by atoms with E-state index in [1.807, 2.05) is 40.1 Å². The molecule has 2 aromatic heterocycles. The van der Waals surface area contributed by atoms with Crippen molar-refractivity contribution in [1.29, 1.82) is 0 Å². The number of para-hydroxylation sites is 1. The summed E-state index contributed by atoms with van der Waals surface area (Å²) in [5.74, 6) is 1.97. The van der Waals surface area contributed by atoms with Gasteiger partial charge in [-0.15, -0.1) is 0 Å². The van der Waals surface area contributed by atoms with Crippen LogP contribution in [0.15, 0.2) is 48.8 Å². The Morgan fingerprint density at radius 3 is 2.52 bits per heavy atom. The number of anilines is 2. The number of aromatic nitrogens is 3. The van der Waals surface area contributed by atoms with Crippen LogP contribution >= 0.6 is 0 Å². The van der Waals surface area contributed by atoms with E-state index in [1.54, 1.807) is 0 Å². The third-order valence-corrected chi connectivity index (χ3v) is 5.96. The van der Waals surface area contributed by atoms with E-state index in [-0.39, 0.29) is 5.91 Å². The highest BCUT2D eigenvalue weighted by molar-refractivity contribution is 5.83. The van der Waals surface area contributed by atoms with Crippen LogP contribution in [0, 0.1) is 0 Å². The lowest BCUT2D eigenvalue weighted by Gasteiger charge is -2.35. The standard InChI is InChI=1S/C22H26N6O/c29-21(17-28-12-8-18-5-1-2-6-19(18)28)26-15-13-25(14-16-26)20-7-9-23-22(24-20)27-10-3-4-11-27/h1-2,5-9,12H,3-4,10-11,13-17H2. The molecule has 2 fully saturated rings. The van der Waals surface area contributed by atoms with Crippen LogP contribution in [0.5, 0.6) is 0 Å². The predicted molar refractivity (Wildman–Crippen MR) is 114 cm³/mol. The first-order valence-electron chi connectivity index (χ1n) is 10.4. The van der Waals surface area contributed by atoms with Gasteiger partial charge in [0.2, 0.25) is 11.9 Å². The molecule has 7 heteroatoms. The van der Waals surface area contributed by atoms with Crippen LogP contribution in [0.25, 0.3) is 10.9 Å². The summed E-state index contributed by atoms with van der Waals surface area (Å²) in [6, 6.07) is 12.2. The van der Waals surface area contributed by atoms with Gasteiger partial charge in [-0.1, -0.05) is 18.2 Å². The number of amides is 1. The Kier molecular flexibility index (Phi) is 4.79. The molecule has 5 rings (SSSR count). The second kappa shape index (κ2) is 7.73. The molecule has 0 unspecified atom stereocenters. The molecule has 0 aliphatic carbocycles. The summed E-state index contributed by atoms with van der Waals surface area (Å²) in [6.45, 7) is 5.52. The molecule has 29 heavy (non-hydrogen) atoms. The number of hydrogen-bond donors (Lipinski definition) is 0. The molecule has 2 aliphatic heterocycles. The number of hydrogen-bond acceptors (Lipinski definition) is 5. The van der Waals surface area contributed by atoms with Crippen molar-refractivity contribution in [2.45, 2.75) is 19.4 Å². The zero-order valence-electron chi connectivity index (χ0n) is 16.6. The lowest BCUT2D eigenvalue weighted by molar-refractivity contribution is -0.132. The summed E-state index contributed by atoms with van der Waals surface area (Å²) in [5.41, 5.74) is 1.11. The van der Waals surface area contributed by atoms with Crippen molar-refractivity contribution in [3.8, 4) is 0 Å². The van der Waals surface area contributed by atoms with E-state index < -0.39 is 0 Å². The Hall–Kier alpha value is -3.09. The van der Waals surface area contributed by atoms with E-state index in [9.17, 15) is 4.79 Å². The van der Waals surface area contributed by atoms with Crippen molar-refractivity contribution in [2.24, 2.45) is 0 Å². The average Bonchev–Trinajstić information content (AvgIpc) is 3.45. The van der Waals surface area contributed by atoms with Gasteiger partial charge in [-0.05, 0) is 36.4 Å². The van der Waals surface area contributed by atoms with Gasteiger partial charge in [0.05, 0.1) is 0 Å². The molecule has 2 aliphatic rings. The molecule has 1 amide bonds. The van der Waals surface area contributed by atoms with Crippen molar-refractivity contribution < 1.29 is 4.79 Å². The number of benzene rings is 1. The fraction of sp³-hybridized carbons (Fsp3) is 0.409. The van der Waals surface area contributed by atoms with E-state index >= 15 is 0 Å². The number of carbonyl (C=O) groups is 1. The summed E-state index contributed by atoms with van der Waals surface area (Å²) >= 11 is 0. The largest absolute Gasteiger partial charge is 0.353 e. The molecule has 0 bridgehead atoms. The second-order valence-electron chi connectivity index (χ2n) is 7.78. The molecule has 0 N–H and O–H groups in total. The van der Waals surface area contributed by atoms with Crippen molar-refractivity contribution in [2.75, 3.05) is 49.1 Å². The van der Waals surface area contributed by atoms with Crippen LogP contribution in [0.2, 0.25) is 0 Å². The summed E-state index contributed by atoms with van der Waals surface area (Å²) in [6.07, 6.45) is 6.28. The smallest absolute Gasteiger partial charge is 0.242 e. The first-order valence-corrected chi connectivity index (χ1v) is 10.4. The Balaban J connectivity index is 1.21. The quantitative estimate of drug-likeness (QED) is 0.685. The third kappa shape index (κ3) is 3.64. The van der Waals surface area contributed by atoms with Gasteiger partial charge in [0.25, 0.3) is 0 Å². The van der Waals surface area contributed by atoms with Gasteiger partial charge in [-0.3, -0.25) is 4.79 Å². The van der Waals surface area contributed by atoms with Crippen LogP contribution in [0.1, 0.15) is 12.8 Å². The summed E-state index contributed by atoms with van der Waals surface area (Å²) in [7, 11) is 0. The fourth-order valence-corrected chi connectivity index (χ4v) is 4.29. The molecule has 0 atom stereocenters. The van der Waals surface area contributed by atoms with Crippen LogP contribution < -0.4 is 9.80 Å². The van der Waals surface area contributed by atoms with E-state index in [2.05, 4.69) is 33.0 Å². The van der Waals surface area contributed by atoms with Gasteiger partial charge in [0.15, 0.2) is 0 Å². The van der Waals surface area contributed by atoms with Gasteiger partial charge < -0.3 is 19.3 Å². The summed E-state index contributed by atoms with van der Waals surface area (Å²) in [5, 5.41) is 1.17. The first kappa shape index (κ1) is 18.0. The topological polar surface area (TPSA) is 57.5 Å². The van der Waals surface area contributed by atoms with Crippen molar-refractivity contribution in [3.05, 3.63) is 48.8 Å². The molecule has 7 nitrogen and oxygen atoms in total. The van der Waals surface area contributed by atoms with Crippen molar-refractivity contribution in [1.82, 2.24) is 19.4 Å². The maximum atomic E-state index is 12.8. The monoisotopic (exact) mass is 390 g/mol. The van der Waals surface area contributed by atoms with Crippen molar-refractivity contribution >= 4 is 28.6 Å². The van der Waals surface area contributed by atoms with Crippen molar-refractivity contribution in [3.63, 3.8) is 0 Å². The van der Waals surface area contributed by atoms with Gasteiger partial charge >= 0.3 is 0 Å². The minimum atomic E-state index is 0.173. The third-order valence-electron chi connectivity index (χ3n) is 5.96. The number of piperazine rings is 1. The summed E-state index contributed by atoms with van der Waals surface area (Å²) in [4.78, 5) is 28.5. The molecule has 4 heterocycles. The molecule has 2 saturated heterocycles. The molecular formula is C22H26N6O.